The highest BCUT2D eigenvalue weighted by Crippen LogP contribution is 2.23. The van der Waals surface area contributed by atoms with E-state index in [1.807, 2.05) is 6.07 Å². The molecular weight excluding hydrogens is 202 g/mol. The molecule has 13 heavy (non-hydrogen) atoms. The number of hydrogen-bond acceptors (Lipinski definition) is 2. The van der Waals surface area contributed by atoms with Crippen LogP contribution >= 0.6 is 22.9 Å². The molecule has 1 N–H and O–H groups in total. The van der Waals surface area contributed by atoms with Crippen molar-refractivity contribution in [2.75, 3.05) is 13.1 Å². The largest absolute Gasteiger partial charge is 0.317 e. The molecule has 1 heterocycles. The third-order valence-electron chi connectivity index (χ3n) is 1.92. The number of rotatable bonds is 5. The molecule has 0 aliphatic carbocycles. The predicted molar refractivity (Wildman–Crippen MR) is 60.7 cm³/mol. The van der Waals surface area contributed by atoms with Gasteiger partial charge in [-0.3, -0.25) is 0 Å². The molecule has 0 bridgehead atoms. The number of halogens is 1. The summed E-state index contributed by atoms with van der Waals surface area (Å²) in [6, 6.07) is 4.09. The summed E-state index contributed by atoms with van der Waals surface area (Å²) in [5.74, 6) is 0.690. The van der Waals surface area contributed by atoms with Crippen LogP contribution in [0.15, 0.2) is 12.1 Å². The van der Waals surface area contributed by atoms with Crippen LogP contribution in [-0.4, -0.2) is 13.1 Å². The second kappa shape index (κ2) is 5.63. The smallest absolute Gasteiger partial charge is 0.0931 e. The number of thiophene rings is 1. The summed E-state index contributed by atoms with van der Waals surface area (Å²) >= 11 is 7.54. The van der Waals surface area contributed by atoms with Crippen molar-refractivity contribution in [3.05, 3.63) is 21.3 Å². The van der Waals surface area contributed by atoms with Gasteiger partial charge in [0.25, 0.3) is 0 Å². The molecule has 0 saturated heterocycles. The van der Waals surface area contributed by atoms with Gasteiger partial charge in [0.2, 0.25) is 0 Å². The monoisotopic (exact) mass is 217 g/mol. The molecule has 0 aromatic carbocycles. The summed E-state index contributed by atoms with van der Waals surface area (Å²) in [6.45, 7) is 6.53. The molecule has 0 radical (unpaired) electrons. The van der Waals surface area contributed by atoms with Crippen molar-refractivity contribution < 1.29 is 0 Å². The fourth-order valence-electron chi connectivity index (χ4n) is 1.27. The van der Waals surface area contributed by atoms with Gasteiger partial charge in [0, 0.05) is 4.88 Å². The molecule has 0 fully saturated rings. The fraction of sp³-hybridized carbons (Fsp3) is 0.600. The maximum atomic E-state index is 5.85. The zero-order chi connectivity index (χ0) is 9.68. The second-order valence-corrected chi connectivity index (χ2v) is 5.12. The van der Waals surface area contributed by atoms with Crippen LogP contribution in [0.3, 0.4) is 0 Å². The van der Waals surface area contributed by atoms with E-state index in [4.69, 9.17) is 11.6 Å². The third kappa shape index (κ3) is 4.12. The molecule has 1 aromatic rings. The van der Waals surface area contributed by atoms with Crippen molar-refractivity contribution in [2.24, 2.45) is 5.92 Å². The molecule has 0 spiro atoms. The fourth-order valence-corrected chi connectivity index (χ4v) is 2.52. The number of hydrogen-bond donors (Lipinski definition) is 1. The lowest BCUT2D eigenvalue weighted by molar-refractivity contribution is 0.525. The molecular formula is C10H16ClNS. The lowest BCUT2D eigenvalue weighted by Gasteiger charge is -2.09. The lowest BCUT2D eigenvalue weighted by Crippen LogP contribution is -2.21. The van der Waals surface area contributed by atoms with Gasteiger partial charge in [0.05, 0.1) is 4.34 Å². The maximum Gasteiger partial charge on any atom is 0.0931 e. The molecule has 1 nitrogen and oxygen atoms in total. The van der Waals surface area contributed by atoms with Crippen LogP contribution in [0.4, 0.5) is 0 Å². The first kappa shape index (κ1) is 11.0. The van der Waals surface area contributed by atoms with E-state index in [9.17, 15) is 0 Å². The summed E-state index contributed by atoms with van der Waals surface area (Å²) in [4.78, 5) is 1.38. The molecule has 0 saturated carbocycles. The molecule has 0 aliphatic heterocycles. The van der Waals surface area contributed by atoms with Gasteiger partial charge in [-0.15, -0.1) is 11.3 Å². The van der Waals surface area contributed by atoms with E-state index in [0.29, 0.717) is 5.92 Å². The van der Waals surface area contributed by atoms with Crippen LogP contribution in [0.25, 0.3) is 0 Å². The first-order valence-electron chi connectivity index (χ1n) is 4.67. The SMILES string of the molecule is CCNCC(C)Cc1ccc(Cl)s1. The lowest BCUT2D eigenvalue weighted by atomic mass is 10.1. The molecule has 1 unspecified atom stereocenters. The molecule has 1 aromatic heterocycles. The van der Waals surface area contributed by atoms with Crippen LogP contribution in [0.1, 0.15) is 18.7 Å². The van der Waals surface area contributed by atoms with Crippen LogP contribution < -0.4 is 5.32 Å². The van der Waals surface area contributed by atoms with Gasteiger partial charge in [-0.05, 0) is 37.6 Å². The van der Waals surface area contributed by atoms with Crippen LogP contribution in [0, 0.1) is 5.92 Å². The van der Waals surface area contributed by atoms with Crippen LogP contribution in [-0.2, 0) is 6.42 Å². The molecule has 0 aliphatic rings. The molecule has 0 amide bonds. The predicted octanol–water partition coefficient (Wildman–Crippen LogP) is 3.19. The van der Waals surface area contributed by atoms with Crippen molar-refractivity contribution in [3.63, 3.8) is 0 Å². The van der Waals surface area contributed by atoms with Crippen molar-refractivity contribution >= 4 is 22.9 Å². The van der Waals surface area contributed by atoms with Crippen molar-refractivity contribution in [2.45, 2.75) is 20.3 Å². The Balaban J connectivity index is 2.31. The maximum absolute atomic E-state index is 5.85. The first-order chi connectivity index (χ1) is 6.22. The molecule has 74 valence electrons. The Morgan fingerprint density at radius 1 is 1.54 bits per heavy atom. The van der Waals surface area contributed by atoms with Gasteiger partial charge in [0.1, 0.15) is 0 Å². The normalized spacial score (nSPS) is 13.2. The Kier molecular flexibility index (Phi) is 4.78. The Labute approximate surface area is 89.1 Å². The zero-order valence-electron chi connectivity index (χ0n) is 8.14. The summed E-state index contributed by atoms with van der Waals surface area (Å²) in [5, 5.41) is 3.35. The van der Waals surface area contributed by atoms with Gasteiger partial charge >= 0.3 is 0 Å². The molecule has 1 atom stereocenters. The van der Waals surface area contributed by atoms with E-state index in [1.165, 1.54) is 4.88 Å². The van der Waals surface area contributed by atoms with Gasteiger partial charge in [-0.1, -0.05) is 25.4 Å². The van der Waals surface area contributed by atoms with Crippen molar-refractivity contribution in [1.82, 2.24) is 5.32 Å². The van der Waals surface area contributed by atoms with E-state index in [2.05, 4.69) is 25.2 Å². The summed E-state index contributed by atoms with van der Waals surface area (Å²) in [5.41, 5.74) is 0. The second-order valence-electron chi connectivity index (χ2n) is 3.32. The highest BCUT2D eigenvalue weighted by molar-refractivity contribution is 7.16. The van der Waals surface area contributed by atoms with E-state index < -0.39 is 0 Å². The topological polar surface area (TPSA) is 12.0 Å². The minimum Gasteiger partial charge on any atom is -0.317 e. The van der Waals surface area contributed by atoms with E-state index >= 15 is 0 Å². The third-order valence-corrected chi connectivity index (χ3v) is 3.17. The van der Waals surface area contributed by atoms with Crippen LogP contribution in [0.2, 0.25) is 4.34 Å². The van der Waals surface area contributed by atoms with E-state index in [1.54, 1.807) is 11.3 Å². The van der Waals surface area contributed by atoms with Gasteiger partial charge in [-0.25, -0.2) is 0 Å². The van der Waals surface area contributed by atoms with E-state index in [-0.39, 0.29) is 0 Å². The quantitative estimate of drug-likeness (QED) is 0.799. The summed E-state index contributed by atoms with van der Waals surface area (Å²) in [7, 11) is 0. The van der Waals surface area contributed by atoms with Gasteiger partial charge in [0.15, 0.2) is 0 Å². The molecule has 1 rings (SSSR count). The average Bonchev–Trinajstić information content (AvgIpc) is 2.48. The van der Waals surface area contributed by atoms with Gasteiger partial charge in [-0.2, -0.15) is 0 Å². The number of nitrogens with one attached hydrogen (secondary N) is 1. The van der Waals surface area contributed by atoms with Crippen molar-refractivity contribution in [1.29, 1.82) is 0 Å². The van der Waals surface area contributed by atoms with Crippen LogP contribution in [0.5, 0.6) is 0 Å². The van der Waals surface area contributed by atoms with Gasteiger partial charge < -0.3 is 5.32 Å². The minimum atomic E-state index is 0.690. The highest BCUT2D eigenvalue weighted by atomic mass is 35.5. The molecule has 3 heteroatoms. The Bertz CT molecular complexity index is 247. The minimum absolute atomic E-state index is 0.690. The summed E-state index contributed by atoms with van der Waals surface area (Å²) in [6.07, 6.45) is 1.13. The zero-order valence-corrected chi connectivity index (χ0v) is 9.71. The van der Waals surface area contributed by atoms with E-state index in [0.717, 1.165) is 23.8 Å². The standard InChI is InChI=1S/C10H16ClNS/c1-3-12-7-8(2)6-9-4-5-10(11)13-9/h4-5,8,12H,3,6-7H2,1-2H3. The summed E-state index contributed by atoms with van der Waals surface area (Å²) < 4.78 is 0.894. The first-order valence-corrected chi connectivity index (χ1v) is 5.86. The average molecular weight is 218 g/mol. The Morgan fingerprint density at radius 3 is 2.85 bits per heavy atom. The Hall–Kier alpha value is -0.0500. The highest BCUT2D eigenvalue weighted by Gasteiger charge is 2.04. The van der Waals surface area contributed by atoms with Crippen molar-refractivity contribution in [3.8, 4) is 0 Å². The Morgan fingerprint density at radius 2 is 2.31 bits per heavy atom.